The molecule has 0 bridgehead atoms. The molecule has 0 amide bonds. The number of fused-ring (bicyclic) bond motifs is 1. The minimum absolute atomic E-state index is 0.580. The van der Waals surface area contributed by atoms with E-state index in [0.29, 0.717) is 5.92 Å². The van der Waals surface area contributed by atoms with Crippen LogP contribution in [0, 0.1) is 5.92 Å². The highest BCUT2D eigenvalue weighted by Crippen LogP contribution is 2.47. The van der Waals surface area contributed by atoms with Gasteiger partial charge in [0.15, 0.2) is 0 Å². The largest absolute Gasteiger partial charge is 0.0979 e. The van der Waals surface area contributed by atoms with E-state index in [4.69, 9.17) is 0 Å². The number of thioether (sulfide) groups is 2. The predicted molar refractivity (Wildman–Crippen MR) is 90.7 cm³/mol. The lowest BCUT2D eigenvalue weighted by atomic mass is 10.2. The molecule has 0 saturated carbocycles. The van der Waals surface area contributed by atoms with Gasteiger partial charge < -0.3 is 0 Å². The average molecular weight is 290 g/mol. The Balaban J connectivity index is 0.000000861. The maximum atomic E-state index is 3.91. The van der Waals surface area contributed by atoms with Crippen LogP contribution in [-0.4, -0.2) is 0 Å². The second kappa shape index (κ2) is 8.34. The Morgan fingerprint density at radius 2 is 1.53 bits per heavy atom. The van der Waals surface area contributed by atoms with Crippen molar-refractivity contribution in [3.63, 3.8) is 0 Å². The highest BCUT2D eigenvalue weighted by molar-refractivity contribution is 8.09. The SMILES string of the molecule is C=CC1=C(/C=C\C(C)C)Sc2ccccc2S1.CC. The van der Waals surface area contributed by atoms with Gasteiger partial charge in [-0.3, -0.25) is 0 Å². The molecule has 0 aliphatic carbocycles. The van der Waals surface area contributed by atoms with Gasteiger partial charge in [0.1, 0.15) is 0 Å². The maximum absolute atomic E-state index is 3.91. The summed E-state index contributed by atoms with van der Waals surface area (Å²) in [7, 11) is 0. The minimum Gasteiger partial charge on any atom is -0.0979 e. The van der Waals surface area contributed by atoms with Crippen molar-refractivity contribution in [1.29, 1.82) is 0 Å². The molecule has 0 nitrogen and oxygen atoms in total. The molecule has 19 heavy (non-hydrogen) atoms. The number of hydrogen-bond donors (Lipinski definition) is 0. The first-order chi connectivity index (χ1) is 9.20. The molecule has 1 aliphatic rings. The summed E-state index contributed by atoms with van der Waals surface area (Å²) in [6, 6.07) is 8.52. The molecule has 2 rings (SSSR count). The molecule has 0 aromatic heterocycles. The number of rotatable bonds is 3. The van der Waals surface area contributed by atoms with Crippen molar-refractivity contribution in [3.8, 4) is 0 Å². The Hall–Kier alpha value is -0.860. The molecule has 102 valence electrons. The average Bonchev–Trinajstić information content (AvgIpc) is 2.46. The second-order valence-corrected chi connectivity index (χ2v) is 6.35. The predicted octanol–water partition coefficient (Wildman–Crippen LogP) is 6.52. The van der Waals surface area contributed by atoms with Crippen LogP contribution in [-0.2, 0) is 0 Å². The van der Waals surface area contributed by atoms with Gasteiger partial charge >= 0.3 is 0 Å². The summed E-state index contributed by atoms with van der Waals surface area (Å²) in [5, 5.41) is 0. The Bertz CT molecular complexity index is 482. The Morgan fingerprint density at radius 3 is 2.00 bits per heavy atom. The molecular weight excluding hydrogens is 268 g/mol. The number of benzene rings is 1. The van der Waals surface area contributed by atoms with Gasteiger partial charge in [-0.15, -0.1) is 0 Å². The smallest absolute Gasteiger partial charge is 0.0262 e. The molecule has 0 atom stereocenters. The van der Waals surface area contributed by atoms with E-state index < -0.39 is 0 Å². The fourth-order valence-corrected chi connectivity index (χ4v) is 3.68. The van der Waals surface area contributed by atoms with Crippen LogP contribution >= 0.6 is 23.5 Å². The van der Waals surface area contributed by atoms with Crippen molar-refractivity contribution in [2.24, 2.45) is 5.92 Å². The fraction of sp³-hybridized carbons (Fsp3) is 0.294. The van der Waals surface area contributed by atoms with Gasteiger partial charge in [0.2, 0.25) is 0 Å². The molecule has 0 spiro atoms. The van der Waals surface area contributed by atoms with E-state index in [1.807, 2.05) is 31.7 Å². The summed E-state index contributed by atoms with van der Waals surface area (Å²) in [5.74, 6) is 0.580. The van der Waals surface area contributed by atoms with Crippen LogP contribution in [0.3, 0.4) is 0 Å². The van der Waals surface area contributed by atoms with Gasteiger partial charge in [0.25, 0.3) is 0 Å². The third-order valence-electron chi connectivity index (χ3n) is 2.35. The summed E-state index contributed by atoms with van der Waals surface area (Å²) >= 11 is 3.64. The van der Waals surface area contributed by atoms with Crippen LogP contribution in [0.1, 0.15) is 27.7 Å². The van der Waals surface area contributed by atoms with Crippen molar-refractivity contribution >= 4 is 23.5 Å². The normalized spacial score (nSPS) is 14.2. The first-order valence-electron chi connectivity index (χ1n) is 6.70. The topological polar surface area (TPSA) is 0 Å². The molecular formula is C17H22S2. The number of allylic oxidation sites excluding steroid dienone is 3. The van der Waals surface area contributed by atoms with E-state index in [1.54, 1.807) is 11.8 Å². The van der Waals surface area contributed by atoms with E-state index in [-0.39, 0.29) is 0 Å². The minimum atomic E-state index is 0.580. The van der Waals surface area contributed by atoms with Crippen molar-refractivity contribution < 1.29 is 0 Å². The maximum Gasteiger partial charge on any atom is 0.0262 e. The lowest BCUT2D eigenvalue weighted by Crippen LogP contribution is -1.90. The molecule has 0 saturated heterocycles. The second-order valence-electron chi connectivity index (χ2n) is 4.19. The Kier molecular flexibility index (Phi) is 7.11. The van der Waals surface area contributed by atoms with Crippen LogP contribution in [0.15, 0.2) is 68.7 Å². The molecule has 0 N–H and O–H groups in total. The van der Waals surface area contributed by atoms with E-state index in [1.165, 1.54) is 19.6 Å². The summed E-state index contributed by atoms with van der Waals surface area (Å²) in [5.41, 5.74) is 0. The van der Waals surface area contributed by atoms with E-state index in [9.17, 15) is 0 Å². The van der Waals surface area contributed by atoms with Gasteiger partial charge in [-0.05, 0) is 18.1 Å². The molecule has 1 aromatic rings. The lowest BCUT2D eigenvalue weighted by molar-refractivity contribution is 0.831. The van der Waals surface area contributed by atoms with Gasteiger partial charge in [-0.25, -0.2) is 0 Å². The van der Waals surface area contributed by atoms with Gasteiger partial charge in [-0.2, -0.15) is 0 Å². The molecule has 2 heteroatoms. The zero-order chi connectivity index (χ0) is 14.3. The third kappa shape index (κ3) is 4.63. The van der Waals surface area contributed by atoms with E-state index >= 15 is 0 Å². The molecule has 0 unspecified atom stereocenters. The summed E-state index contributed by atoms with van der Waals surface area (Å²) < 4.78 is 0. The molecule has 1 aromatic carbocycles. The van der Waals surface area contributed by atoms with E-state index in [2.05, 4.69) is 56.8 Å². The van der Waals surface area contributed by atoms with Crippen LogP contribution in [0.4, 0.5) is 0 Å². The standard InChI is InChI=1S/C15H16S2.C2H6/c1-4-12-15(10-9-11(2)3)17-14-8-6-5-7-13(14)16-12;1-2/h4-11H,1H2,2-3H3;1-2H3/b10-9-;. The first kappa shape index (κ1) is 16.2. The Labute approximate surface area is 126 Å². The highest BCUT2D eigenvalue weighted by Gasteiger charge is 2.15. The van der Waals surface area contributed by atoms with Crippen LogP contribution < -0.4 is 0 Å². The van der Waals surface area contributed by atoms with Gasteiger partial charge in [-0.1, -0.05) is 88.2 Å². The van der Waals surface area contributed by atoms with Crippen molar-refractivity contribution in [2.45, 2.75) is 37.5 Å². The number of hydrogen-bond acceptors (Lipinski definition) is 2. The highest BCUT2D eigenvalue weighted by atomic mass is 32.2. The van der Waals surface area contributed by atoms with Crippen molar-refractivity contribution in [3.05, 3.63) is 58.9 Å². The monoisotopic (exact) mass is 290 g/mol. The first-order valence-corrected chi connectivity index (χ1v) is 8.33. The van der Waals surface area contributed by atoms with Crippen LogP contribution in [0.5, 0.6) is 0 Å². The van der Waals surface area contributed by atoms with Crippen LogP contribution in [0.25, 0.3) is 0 Å². The van der Waals surface area contributed by atoms with E-state index in [0.717, 1.165) is 0 Å². The summed E-state index contributed by atoms with van der Waals surface area (Å²) in [4.78, 5) is 5.23. The lowest BCUT2D eigenvalue weighted by Gasteiger charge is -2.18. The zero-order valence-corrected chi connectivity index (χ0v) is 13.8. The Morgan fingerprint density at radius 1 is 1.00 bits per heavy atom. The third-order valence-corrected chi connectivity index (χ3v) is 4.94. The molecule has 0 radical (unpaired) electrons. The zero-order valence-electron chi connectivity index (χ0n) is 12.1. The van der Waals surface area contributed by atoms with Gasteiger partial charge in [0, 0.05) is 19.6 Å². The van der Waals surface area contributed by atoms with Gasteiger partial charge in [0.05, 0.1) is 0 Å². The fourth-order valence-electron chi connectivity index (χ4n) is 1.49. The molecule has 1 aliphatic heterocycles. The van der Waals surface area contributed by atoms with Crippen molar-refractivity contribution in [1.82, 2.24) is 0 Å². The molecule has 0 fully saturated rings. The molecule has 1 heterocycles. The quantitative estimate of drug-likeness (QED) is 0.621. The van der Waals surface area contributed by atoms with Crippen LogP contribution in [0.2, 0.25) is 0 Å². The summed E-state index contributed by atoms with van der Waals surface area (Å²) in [6.45, 7) is 12.3. The summed E-state index contributed by atoms with van der Waals surface area (Å²) in [6.07, 6.45) is 6.41. The van der Waals surface area contributed by atoms with Crippen molar-refractivity contribution in [2.75, 3.05) is 0 Å².